The summed E-state index contributed by atoms with van der Waals surface area (Å²) >= 11 is 0. The predicted octanol–water partition coefficient (Wildman–Crippen LogP) is 2.98. The summed E-state index contributed by atoms with van der Waals surface area (Å²) in [5.41, 5.74) is 3.97. The molecule has 1 N–H and O–H groups in total. The van der Waals surface area contributed by atoms with Gasteiger partial charge in [0.15, 0.2) is 0 Å². The lowest BCUT2D eigenvalue weighted by Gasteiger charge is -2.37. The molecule has 6 heteroatoms. The van der Waals surface area contributed by atoms with Crippen molar-refractivity contribution in [3.8, 4) is 0 Å². The molecule has 5 nitrogen and oxygen atoms in total. The smallest absolute Gasteiger partial charge is 0.317 e. The number of halogens is 1. The van der Waals surface area contributed by atoms with Gasteiger partial charge in [-0.1, -0.05) is 12.1 Å². The van der Waals surface area contributed by atoms with Crippen molar-refractivity contribution in [3.05, 3.63) is 29.3 Å². The van der Waals surface area contributed by atoms with Crippen LogP contribution in [0.1, 0.15) is 24.0 Å². The van der Waals surface area contributed by atoms with Crippen molar-refractivity contribution in [3.63, 3.8) is 0 Å². The van der Waals surface area contributed by atoms with Crippen molar-refractivity contribution in [1.29, 1.82) is 0 Å². The predicted molar refractivity (Wildman–Crippen MR) is 104 cm³/mol. The number of piperazine rings is 1. The Hall–Kier alpha value is -1.46. The molecule has 1 aromatic rings. The van der Waals surface area contributed by atoms with Gasteiger partial charge in [0.2, 0.25) is 0 Å². The molecule has 25 heavy (non-hydrogen) atoms. The van der Waals surface area contributed by atoms with Crippen LogP contribution in [0.15, 0.2) is 18.2 Å². The van der Waals surface area contributed by atoms with Crippen LogP contribution >= 0.6 is 12.4 Å². The lowest BCUT2D eigenvalue weighted by atomic mass is 10.0. The maximum Gasteiger partial charge on any atom is 0.317 e. The minimum atomic E-state index is 0. The molecule has 0 atom stereocenters. The third-order valence-electron chi connectivity index (χ3n) is 5.37. The number of carbonyl (C=O) groups excluding carboxylic acids is 1. The zero-order valence-corrected chi connectivity index (χ0v) is 16.1. The molecule has 0 saturated carbocycles. The van der Waals surface area contributed by atoms with Crippen molar-refractivity contribution in [2.24, 2.45) is 5.92 Å². The van der Waals surface area contributed by atoms with Crippen molar-refractivity contribution in [2.45, 2.75) is 26.7 Å². The van der Waals surface area contributed by atoms with Crippen molar-refractivity contribution in [1.82, 2.24) is 10.2 Å². The molecule has 2 heterocycles. The summed E-state index contributed by atoms with van der Waals surface area (Å²) in [5.74, 6) is 0.568. The molecule has 3 rings (SSSR count). The number of nitrogens with zero attached hydrogens (tertiary/aromatic N) is 2. The molecule has 1 aromatic carbocycles. The van der Waals surface area contributed by atoms with Gasteiger partial charge < -0.3 is 19.9 Å². The summed E-state index contributed by atoms with van der Waals surface area (Å²) < 4.78 is 5.37. The van der Waals surface area contributed by atoms with Crippen LogP contribution in [0, 0.1) is 19.8 Å². The van der Waals surface area contributed by atoms with Crippen LogP contribution in [0.3, 0.4) is 0 Å². The van der Waals surface area contributed by atoms with Gasteiger partial charge in [0.1, 0.15) is 0 Å². The van der Waals surface area contributed by atoms with Crippen LogP contribution in [0.2, 0.25) is 0 Å². The number of benzene rings is 1. The van der Waals surface area contributed by atoms with Gasteiger partial charge in [-0.2, -0.15) is 0 Å². The largest absolute Gasteiger partial charge is 0.381 e. The zero-order chi connectivity index (χ0) is 16.9. The Morgan fingerprint density at radius 1 is 1.16 bits per heavy atom. The first kappa shape index (κ1) is 19.9. The van der Waals surface area contributed by atoms with Crippen molar-refractivity contribution in [2.75, 3.05) is 50.8 Å². The first-order chi connectivity index (χ1) is 11.6. The number of urea groups is 1. The van der Waals surface area contributed by atoms with Crippen LogP contribution in [0.5, 0.6) is 0 Å². The van der Waals surface area contributed by atoms with Gasteiger partial charge in [0, 0.05) is 51.6 Å². The minimum Gasteiger partial charge on any atom is -0.381 e. The summed E-state index contributed by atoms with van der Waals surface area (Å²) in [7, 11) is 0. The Morgan fingerprint density at radius 2 is 1.84 bits per heavy atom. The van der Waals surface area contributed by atoms with Crippen LogP contribution in [0.25, 0.3) is 0 Å². The van der Waals surface area contributed by atoms with E-state index in [0.29, 0.717) is 5.92 Å². The zero-order valence-electron chi connectivity index (χ0n) is 15.3. The highest BCUT2D eigenvalue weighted by atomic mass is 35.5. The monoisotopic (exact) mass is 367 g/mol. The second-order valence-electron chi connectivity index (χ2n) is 6.93. The van der Waals surface area contributed by atoms with Gasteiger partial charge >= 0.3 is 6.03 Å². The first-order valence-electron chi connectivity index (χ1n) is 9.07. The number of amides is 2. The topological polar surface area (TPSA) is 44.8 Å². The fourth-order valence-electron chi connectivity index (χ4n) is 3.52. The molecule has 0 bridgehead atoms. The van der Waals surface area contributed by atoms with Gasteiger partial charge in [-0.25, -0.2) is 4.79 Å². The van der Waals surface area contributed by atoms with Gasteiger partial charge in [-0.05, 0) is 49.8 Å². The number of nitrogens with one attached hydrogen (secondary N) is 1. The van der Waals surface area contributed by atoms with Crippen molar-refractivity contribution >= 4 is 24.1 Å². The number of aryl methyl sites for hydroxylation is 1. The molecular weight excluding hydrogens is 338 g/mol. The average molecular weight is 368 g/mol. The molecule has 0 unspecified atom stereocenters. The molecule has 2 saturated heterocycles. The van der Waals surface area contributed by atoms with E-state index in [2.05, 4.69) is 42.3 Å². The Morgan fingerprint density at radius 3 is 2.52 bits per heavy atom. The fourth-order valence-corrected chi connectivity index (χ4v) is 3.52. The summed E-state index contributed by atoms with van der Waals surface area (Å²) in [4.78, 5) is 16.7. The molecule has 0 aliphatic carbocycles. The van der Waals surface area contributed by atoms with E-state index >= 15 is 0 Å². The molecule has 2 aliphatic rings. The Labute approximate surface area is 157 Å². The summed E-state index contributed by atoms with van der Waals surface area (Å²) in [6.07, 6.45) is 2.11. The Balaban J connectivity index is 0.00000225. The summed E-state index contributed by atoms with van der Waals surface area (Å²) in [6.45, 7) is 10.1. The van der Waals surface area contributed by atoms with Crippen LogP contribution in [0.4, 0.5) is 10.5 Å². The molecule has 0 aromatic heterocycles. The van der Waals surface area contributed by atoms with E-state index in [1.165, 1.54) is 16.8 Å². The van der Waals surface area contributed by atoms with Gasteiger partial charge in [0.25, 0.3) is 0 Å². The summed E-state index contributed by atoms with van der Waals surface area (Å²) in [5, 5.41) is 3.11. The SMILES string of the molecule is Cc1cccc(N2CCN(C(=O)NCC3CCOCC3)CC2)c1C.Cl. The highest BCUT2D eigenvalue weighted by molar-refractivity contribution is 5.85. The standard InChI is InChI=1S/C19H29N3O2.ClH/c1-15-4-3-5-18(16(15)2)21-8-10-22(11-9-21)19(23)20-14-17-6-12-24-13-7-17;/h3-5,17H,6-14H2,1-2H3,(H,20,23);1H. The van der Waals surface area contributed by atoms with E-state index in [1.807, 2.05) is 4.90 Å². The highest BCUT2D eigenvalue weighted by Crippen LogP contribution is 2.23. The lowest BCUT2D eigenvalue weighted by molar-refractivity contribution is 0.0663. The second kappa shape index (κ2) is 9.30. The Bertz CT molecular complexity index is 568. The van der Waals surface area contributed by atoms with Crippen LogP contribution in [-0.4, -0.2) is 56.9 Å². The van der Waals surface area contributed by atoms with Gasteiger partial charge in [-0.3, -0.25) is 0 Å². The fraction of sp³-hybridized carbons (Fsp3) is 0.632. The number of hydrogen-bond donors (Lipinski definition) is 1. The number of anilines is 1. The van der Waals surface area contributed by atoms with E-state index in [9.17, 15) is 4.79 Å². The van der Waals surface area contributed by atoms with Gasteiger partial charge in [-0.15, -0.1) is 12.4 Å². The molecule has 2 aliphatic heterocycles. The normalized spacial score (nSPS) is 18.6. The quantitative estimate of drug-likeness (QED) is 0.893. The molecule has 2 fully saturated rings. The van der Waals surface area contributed by atoms with Crippen molar-refractivity contribution < 1.29 is 9.53 Å². The number of ether oxygens (including phenoxy) is 1. The minimum absolute atomic E-state index is 0. The average Bonchev–Trinajstić information content (AvgIpc) is 2.63. The first-order valence-corrected chi connectivity index (χ1v) is 9.07. The van der Waals surface area contributed by atoms with E-state index < -0.39 is 0 Å². The molecule has 140 valence electrons. The molecule has 0 radical (unpaired) electrons. The highest BCUT2D eigenvalue weighted by Gasteiger charge is 2.23. The lowest BCUT2D eigenvalue weighted by Crippen LogP contribution is -2.52. The van der Waals surface area contributed by atoms with Crippen LogP contribution in [-0.2, 0) is 4.74 Å². The number of hydrogen-bond acceptors (Lipinski definition) is 3. The maximum absolute atomic E-state index is 12.4. The molecule has 2 amide bonds. The van der Waals surface area contributed by atoms with E-state index in [0.717, 1.165) is 58.8 Å². The van der Waals surface area contributed by atoms with E-state index in [1.54, 1.807) is 0 Å². The second-order valence-corrected chi connectivity index (χ2v) is 6.93. The third kappa shape index (κ3) is 5.02. The van der Waals surface area contributed by atoms with Crippen LogP contribution < -0.4 is 10.2 Å². The number of rotatable bonds is 3. The summed E-state index contributed by atoms with van der Waals surface area (Å²) in [6, 6.07) is 6.54. The van der Waals surface area contributed by atoms with Gasteiger partial charge in [0.05, 0.1) is 0 Å². The third-order valence-corrected chi connectivity index (χ3v) is 5.37. The number of carbonyl (C=O) groups is 1. The van der Waals surface area contributed by atoms with E-state index in [-0.39, 0.29) is 18.4 Å². The molecular formula is C19H30ClN3O2. The Kier molecular flexibility index (Phi) is 7.38. The molecule has 0 spiro atoms. The maximum atomic E-state index is 12.4. The van der Waals surface area contributed by atoms with E-state index in [4.69, 9.17) is 4.74 Å².